The van der Waals surface area contributed by atoms with Gasteiger partial charge in [0.15, 0.2) is 0 Å². The average Bonchev–Trinajstić information content (AvgIpc) is 2.31. The van der Waals surface area contributed by atoms with Crippen LogP contribution in [0.3, 0.4) is 0 Å². The van der Waals surface area contributed by atoms with Gasteiger partial charge in [0.1, 0.15) is 5.82 Å². The Morgan fingerprint density at radius 1 is 1.46 bits per heavy atom. The summed E-state index contributed by atoms with van der Waals surface area (Å²) in [4.78, 5) is 4.09. The third-order valence-electron chi connectivity index (χ3n) is 0.926. The van der Waals surface area contributed by atoms with E-state index in [1.807, 2.05) is 6.92 Å². The second kappa shape index (κ2) is 10.1. The Morgan fingerprint density at radius 3 is 2.46 bits per heavy atom. The highest BCUT2D eigenvalue weighted by molar-refractivity contribution is 7.99. The van der Waals surface area contributed by atoms with Crippen molar-refractivity contribution in [2.45, 2.75) is 12.1 Å². The molecule has 0 atom stereocenters. The molecule has 0 radical (unpaired) electrons. The lowest BCUT2D eigenvalue weighted by molar-refractivity contribution is 0.824. The summed E-state index contributed by atoms with van der Waals surface area (Å²) in [6.07, 6.45) is 0. The fraction of sp³-hybridized carbons (Fsp3) is 0.600. The van der Waals surface area contributed by atoms with Gasteiger partial charge in [0, 0.05) is 12.3 Å². The van der Waals surface area contributed by atoms with Crippen molar-refractivity contribution in [3.05, 3.63) is 5.82 Å². The quantitative estimate of drug-likeness (QED) is 0.746. The minimum absolute atomic E-state index is 0. The molecule has 1 aromatic heterocycles. The van der Waals surface area contributed by atoms with E-state index in [0.29, 0.717) is 6.54 Å². The molecule has 0 aliphatic heterocycles. The second-order valence-electron chi connectivity index (χ2n) is 1.84. The maximum absolute atomic E-state index is 5.30. The number of hydrogen-bond donors (Lipinski definition) is 2. The molecule has 0 aliphatic carbocycles. The van der Waals surface area contributed by atoms with Gasteiger partial charge in [-0.05, 0) is 6.92 Å². The number of halogens is 2. The van der Waals surface area contributed by atoms with Gasteiger partial charge >= 0.3 is 0 Å². The molecule has 0 bridgehead atoms. The molecule has 0 aliphatic rings. The van der Waals surface area contributed by atoms with Crippen molar-refractivity contribution in [1.29, 1.82) is 0 Å². The summed E-state index contributed by atoms with van der Waals surface area (Å²) < 4.78 is 0. The van der Waals surface area contributed by atoms with E-state index in [4.69, 9.17) is 5.73 Å². The molecule has 0 aromatic carbocycles. The fourth-order valence-electron chi connectivity index (χ4n) is 0.537. The number of nitrogens with zero attached hydrogens (tertiary/aromatic N) is 2. The lowest BCUT2D eigenvalue weighted by Gasteiger charge is -1.88. The number of aromatic nitrogens is 3. The Morgan fingerprint density at radius 2 is 2.08 bits per heavy atom. The Balaban J connectivity index is -0.000000333. The first kappa shape index (κ1) is 18.7. The zero-order valence-electron chi connectivity index (χ0n) is 7.11. The Labute approximate surface area is 93.4 Å². The van der Waals surface area contributed by atoms with Crippen molar-refractivity contribution in [2.24, 2.45) is 5.73 Å². The van der Waals surface area contributed by atoms with Crippen LogP contribution in [0.1, 0.15) is 5.82 Å². The standard InChI is InChI=1S/C5H10N4S.2ClH.H2O/c1-4-7-5(9-8-4)10-3-2-6;;;/h2-3,6H2,1H3,(H,7,8,9);2*1H;1H2. The first-order chi connectivity index (χ1) is 4.83. The minimum Gasteiger partial charge on any atom is -0.412 e. The van der Waals surface area contributed by atoms with Crippen molar-refractivity contribution in [1.82, 2.24) is 15.2 Å². The highest BCUT2D eigenvalue weighted by atomic mass is 35.5. The van der Waals surface area contributed by atoms with Crippen LogP contribution in [0.2, 0.25) is 0 Å². The fourth-order valence-corrected chi connectivity index (χ4v) is 1.15. The monoisotopic (exact) mass is 248 g/mol. The molecular formula is C5H14Cl2N4OS. The number of H-pyrrole nitrogens is 1. The van der Waals surface area contributed by atoms with Gasteiger partial charge in [0.05, 0.1) is 0 Å². The molecular weight excluding hydrogens is 235 g/mol. The Kier molecular flexibility index (Phi) is 14.5. The van der Waals surface area contributed by atoms with Gasteiger partial charge in [-0.1, -0.05) is 11.8 Å². The molecule has 8 heteroatoms. The molecule has 1 heterocycles. The normalized spacial score (nSPS) is 7.85. The van der Waals surface area contributed by atoms with Crippen molar-refractivity contribution < 1.29 is 5.48 Å². The number of nitrogens with one attached hydrogen (secondary N) is 1. The predicted molar refractivity (Wildman–Crippen MR) is 59.0 cm³/mol. The van der Waals surface area contributed by atoms with E-state index in [1.165, 1.54) is 0 Å². The first-order valence-electron chi connectivity index (χ1n) is 3.05. The van der Waals surface area contributed by atoms with Gasteiger partial charge in [0.2, 0.25) is 5.16 Å². The summed E-state index contributed by atoms with van der Waals surface area (Å²) in [5.41, 5.74) is 5.30. The summed E-state index contributed by atoms with van der Waals surface area (Å²) >= 11 is 1.56. The van der Waals surface area contributed by atoms with E-state index in [-0.39, 0.29) is 30.3 Å². The highest BCUT2D eigenvalue weighted by Gasteiger charge is 1.97. The number of aromatic amines is 1. The number of nitrogens with two attached hydrogens (primary N) is 1. The summed E-state index contributed by atoms with van der Waals surface area (Å²) in [5.74, 6) is 1.72. The van der Waals surface area contributed by atoms with Crippen LogP contribution in [-0.4, -0.2) is 33.0 Å². The number of thioether (sulfide) groups is 1. The number of aryl methyl sites for hydroxylation is 1. The van der Waals surface area contributed by atoms with Gasteiger partial charge < -0.3 is 11.2 Å². The lowest BCUT2D eigenvalue weighted by atomic mass is 10.8. The van der Waals surface area contributed by atoms with Crippen molar-refractivity contribution in [3.63, 3.8) is 0 Å². The molecule has 0 amide bonds. The molecule has 1 rings (SSSR count). The average molecular weight is 249 g/mol. The lowest BCUT2D eigenvalue weighted by Crippen LogP contribution is -2.01. The van der Waals surface area contributed by atoms with E-state index >= 15 is 0 Å². The highest BCUT2D eigenvalue weighted by Crippen LogP contribution is 2.09. The van der Waals surface area contributed by atoms with Crippen LogP contribution in [0.5, 0.6) is 0 Å². The van der Waals surface area contributed by atoms with E-state index in [0.717, 1.165) is 16.7 Å². The molecule has 80 valence electrons. The van der Waals surface area contributed by atoms with Gasteiger partial charge in [-0.2, -0.15) is 0 Å². The topological polar surface area (TPSA) is 99.1 Å². The van der Waals surface area contributed by atoms with Crippen LogP contribution >= 0.6 is 36.6 Å². The van der Waals surface area contributed by atoms with Crippen LogP contribution in [0.4, 0.5) is 0 Å². The van der Waals surface area contributed by atoms with E-state index in [9.17, 15) is 0 Å². The van der Waals surface area contributed by atoms with Crippen LogP contribution in [0.15, 0.2) is 5.16 Å². The van der Waals surface area contributed by atoms with Crippen molar-refractivity contribution in [3.8, 4) is 0 Å². The van der Waals surface area contributed by atoms with Crippen LogP contribution in [0, 0.1) is 6.92 Å². The zero-order chi connectivity index (χ0) is 7.40. The van der Waals surface area contributed by atoms with Crippen molar-refractivity contribution in [2.75, 3.05) is 12.3 Å². The Hall–Kier alpha value is -0.0100. The largest absolute Gasteiger partial charge is 0.412 e. The van der Waals surface area contributed by atoms with Gasteiger partial charge in [-0.3, -0.25) is 5.10 Å². The van der Waals surface area contributed by atoms with Gasteiger partial charge in [0.25, 0.3) is 0 Å². The molecule has 0 spiro atoms. The molecule has 0 saturated carbocycles. The molecule has 5 nitrogen and oxygen atoms in total. The summed E-state index contributed by atoms with van der Waals surface area (Å²) in [6.45, 7) is 2.54. The SMILES string of the molecule is Cc1nc(SCCN)n[nH]1.Cl.Cl.O. The van der Waals surface area contributed by atoms with Crippen LogP contribution < -0.4 is 5.73 Å². The summed E-state index contributed by atoms with van der Waals surface area (Å²) in [6, 6.07) is 0. The predicted octanol–water partition coefficient (Wildman–Crippen LogP) is 0.183. The first-order valence-corrected chi connectivity index (χ1v) is 4.03. The summed E-state index contributed by atoms with van der Waals surface area (Å²) in [7, 11) is 0. The van der Waals surface area contributed by atoms with Crippen molar-refractivity contribution >= 4 is 36.6 Å². The minimum atomic E-state index is 0. The van der Waals surface area contributed by atoms with Gasteiger partial charge in [-0.25, -0.2) is 4.98 Å². The smallest absolute Gasteiger partial charge is 0.208 e. The molecule has 13 heavy (non-hydrogen) atoms. The van der Waals surface area contributed by atoms with Crippen LogP contribution in [-0.2, 0) is 0 Å². The van der Waals surface area contributed by atoms with E-state index < -0.39 is 0 Å². The molecule has 5 N–H and O–H groups in total. The second-order valence-corrected chi connectivity index (χ2v) is 2.90. The maximum Gasteiger partial charge on any atom is 0.208 e. The molecule has 0 fully saturated rings. The van der Waals surface area contributed by atoms with Crippen LogP contribution in [0.25, 0.3) is 0 Å². The zero-order valence-corrected chi connectivity index (χ0v) is 9.56. The molecule has 0 unspecified atom stereocenters. The molecule has 1 aromatic rings. The van der Waals surface area contributed by atoms with E-state index in [1.54, 1.807) is 11.8 Å². The van der Waals surface area contributed by atoms with E-state index in [2.05, 4.69) is 15.2 Å². The third-order valence-corrected chi connectivity index (χ3v) is 1.81. The number of rotatable bonds is 3. The summed E-state index contributed by atoms with van der Waals surface area (Å²) in [5, 5.41) is 7.46. The maximum atomic E-state index is 5.30. The third kappa shape index (κ3) is 7.09. The number of hydrogen-bond acceptors (Lipinski definition) is 4. The van der Waals surface area contributed by atoms with Gasteiger partial charge in [-0.15, -0.1) is 29.9 Å². The molecule has 0 saturated heterocycles. The Bertz CT molecular complexity index is 210.